The molecule has 1 rings (SSSR count). The quantitative estimate of drug-likeness (QED) is 0.210. The van der Waals surface area contributed by atoms with E-state index in [0.29, 0.717) is 17.9 Å². The van der Waals surface area contributed by atoms with Crippen LogP contribution in [-0.4, -0.2) is 41.6 Å². The van der Waals surface area contributed by atoms with Crippen LogP contribution in [0, 0.1) is 0 Å². The summed E-state index contributed by atoms with van der Waals surface area (Å²) in [6.07, 6.45) is 13.7. The van der Waals surface area contributed by atoms with E-state index < -0.39 is 27.9 Å². The Balaban J connectivity index is 1.81. The average molecular weight is 434 g/mol. The number of rotatable bonds is 17. The fraction of sp³-hybridized carbons (Fsp3) is 0.850. The van der Waals surface area contributed by atoms with Crippen molar-refractivity contribution in [1.82, 2.24) is 5.06 Å². The lowest BCUT2D eigenvalue weighted by Gasteiger charge is -2.12. The fourth-order valence-corrected chi connectivity index (χ4v) is 3.87. The second kappa shape index (κ2) is 14.5. The molecule has 0 bridgehead atoms. The molecule has 9 heteroatoms. The Bertz CT molecular complexity index is 602. The standard InChI is InChI=1S/C20H35NO7S/c22-18-15-16-19(23)21(18)28-20(24)14-12-10-8-6-4-2-1-3-5-7-9-11-13-17-29(25,26)27/h1-17H2,(H,25,26,27). The van der Waals surface area contributed by atoms with Gasteiger partial charge in [0.2, 0.25) is 0 Å². The molecule has 8 nitrogen and oxygen atoms in total. The van der Waals surface area contributed by atoms with Gasteiger partial charge in [-0.1, -0.05) is 70.6 Å². The summed E-state index contributed by atoms with van der Waals surface area (Å²) in [7, 11) is -3.80. The lowest BCUT2D eigenvalue weighted by atomic mass is 10.0. The van der Waals surface area contributed by atoms with Crippen molar-refractivity contribution in [3.8, 4) is 0 Å². The Kier molecular flexibility index (Phi) is 12.8. The average Bonchev–Trinajstić information content (AvgIpc) is 2.96. The van der Waals surface area contributed by atoms with Crippen LogP contribution in [0.3, 0.4) is 0 Å². The van der Waals surface area contributed by atoms with Gasteiger partial charge >= 0.3 is 5.97 Å². The first-order valence-corrected chi connectivity index (χ1v) is 12.4. The summed E-state index contributed by atoms with van der Waals surface area (Å²) < 4.78 is 29.8. The molecule has 0 spiro atoms. The fourth-order valence-electron chi connectivity index (χ4n) is 3.30. The third-order valence-electron chi connectivity index (χ3n) is 4.98. The van der Waals surface area contributed by atoms with Crippen molar-refractivity contribution in [3.63, 3.8) is 0 Å². The van der Waals surface area contributed by atoms with Crippen molar-refractivity contribution in [3.05, 3.63) is 0 Å². The Labute approximate surface area is 174 Å². The number of hydrogen-bond donors (Lipinski definition) is 1. The zero-order valence-corrected chi connectivity index (χ0v) is 18.1. The van der Waals surface area contributed by atoms with E-state index in [1.54, 1.807) is 0 Å². The Morgan fingerprint density at radius 2 is 1.14 bits per heavy atom. The maximum Gasteiger partial charge on any atom is 0.333 e. The van der Waals surface area contributed by atoms with Gasteiger partial charge in [-0.25, -0.2) is 4.79 Å². The highest BCUT2D eigenvalue weighted by atomic mass is 32.2. The van der Waals surface area contributed by atoms with Crippen LogP contribution in [0.15, 0.2) is 0 Å². The van der Waals surface area contributed by atoms with E-state index in [2.05, 4.69) is 0 Å². The molecule has 1 aliphatic heterocycles. The second-order valence-electron chi connectivity index (χ2n) is 7.68. The molecule has 2 amide bonds. The van der Waals surface area contributed by atoms with Crippen molar-refractivity contribution in [1.29, 1.82) is 0 Å². The number of hydroxylamine groups is 2. The number of imide groups is 1. The van der Waals surface area contributed by atoms with Crippen molar-refractivity contribution < 1.29 is 32.2 Å². The van der Waals surface area contributed by atoms with Crippen LogP contribution >= 0.6 is 0 Å². The molecule has 0 radical (unpaired) electrons. The maximum absolute atomic E-state index is 11.6. The molecular formula is C20H35NO7S. The SMILES string of the molecule is O=C(CCCCCCCCCCCCCCCS(=O)(=O)O)ON1C(=O)CCC1=O. The van der Waals surface area contributed by atoms with Gasteiger partial charge in [0.15, 0.2) is 0 Å². The van der Waals surface area contributed by atoms with Gasteiger partial charge in [-0.3, -0.25) is 14.1 Å². The minimum Gasteiger partial charge on any atom is -0.330 e. The molecule has 0 aromatic rings. The number of nitrogens with zero attached hydrogens (tertiary/aromatic N) is 1. The van der Waals surface area contributed by atoms with Crippen LogP contribution in [0.2, 0.25) is 0 Å². The minimum absolute atomic E-state index is 0.114. The highest BCUT2D eigenvalue weighted by Gasteiger charge is 2.32. The van der Waals surface area contributed by atoms with Crippen LogP contribution in [0.1, 0.15) is 103 Å². The van der Waals surface area contributed by atoms with Gasteiger partial charge in [0, 0.05) is 19.3 Å². The summed E-state index contributed by atoms with van der Waals surface area (Å²) in [4.78, 5) is 39.2. The highest BCUT2D eigenvalue weighted by molar-refractivity contribution is 7.85. The first-order chi connectivity index (χ1) is 13.8. The summed E-state index contributed by atoms with van der Waals surface area (Å²) in [5.41, 5.74) is 0. The monoisotopic (exact) mass is 433 g/mol. The predicted octanol–water partition coefficient (Wildman–Crippen LogP) is 3.94. The van der Waals surface area contributed by atoms with Crippen LogP contribution in [0.5, 0.6) is 0 Å². The van der Waals surface area contributed by atoms with Crippen molar-refractivity contribution in [2.24, 2.45) is 0 Å². The molecule has 0 aromatic heterocycles. The summed E-state index contributed by atoms with van der Waals surface area (Å²) in [5, 5.41) is 0.599. The van der Waals surface area contributed by atoms with Gasteiger partial charge in [0.25, 0.3) is 21.9 Å². The molecule has 29 heavy (non-hydrogen) atoms. The maximum atomic E-state index is 11.6. The van der Waals surface area contributed by atoms with E-state index in [-0.39, 0.29) is 25.0 Å². The van der Waals surface area contributed by atoms with Gasteiger partial charge in [-0.15, -0.1) is 5.06 Å². The summed E-state index contributed by atoms with van der Waals surface area (Å²) in [6, 6.07) is 0. The lowest BCUT2D eigenvalue weighted by Crippen LogP contribution is -2.31. The summed E-state index contributed by atoms with van der Waals surface area (Å²) in [5.74, 6) is -1.54. The molecule has 1 N–H and O–H groups in total. The molecule has 1 fully saturated rings. The smallest absolute Gasteiger partial charge is 0.330 e. The second-order valence-corrected chi connectivity index (χ2v) is 9.25. The molecule has 1 heterocycles. The number of amides is 2. The molecule has 0 atom stereocenters. The van der Waals surface area contributed by atoms with E-state index in [1.807, 2.05) is 0 Å². The van der Waals surface area contributed by atoms with E-state index in [4.69, 9.17) is 9.39 Å². The molecule has 168 valence electrons. The Morgan fingerprint density at radius 1 is 0.759 bits per heavy atom. The van der Waals surface area contributed by atoms with Crippen molar-refractivity contribution in [2.75, 3.05) is 5.75 Å². The summed E-state index contributed by atoms with van der Waals surface area (Å²) in [6.45, 7) is 0. The topological polar surface area (TPSA) is 118 Å². The molecule has 0 unspecified atom stereocenters. The number of carbonyl (C=O) groups excluding carboxylic acids is 3. The van der Waals surface area contributed by atoms with Crippen molar-refractivity contribution in [2.45, 2.75) is 103 Å². The number of carbonyl (C=O) groups is 3. The Morgan fingerprint density at radius 3 is 1.55 bits per heavy atom. The van der Waals surface area contributed by atoms with Gasteiger partial charge in [-0.05, 0) is 12.8 Å². The van der Waals surface area contributed by atoms with Crippen LogP contribution < -0.4 is 0 Å². The molecule has 1 aliphatic rings. The normalized spacial score (nSPS) is 14.6. The van der Waals surface area contributed by atoms with Crippen molar-refractivity contribution >= 4 is 27.9 Å². The third-order valence-corrected chi connectivity index (χ3v) is 5.79. The largest absolute Gasteiger partial charge is 0.333 e. The Hall–Kier alpha value is -1.48. The van der Waals surface area contributed by atoms with E-state index >= 15 is 0 Å². The minimum atomic E-state index is -3.80. The van der Waals surface area contributed by atoms with Gasteiger partial charge in [0.05, 0.1) is 5.75 Å². The van der Waals surface area contributed by atoms with Gasteiger partial charge in [0.1, 0.15) is 0 Å². The lowest BCUT2D eigenvalue weighted by molar-refractivity contribution is -0.197. The molecular weight excluding hydrogens is 398 g/mol. The predicted molar refractivity (Wildman–Crippen MR) is 108 cm³/mol. The van der Waals surface area contributed by atoms with E-state index in [0.717, 1.165) is 44.9 Å². The van der Waals surface area contributed by atoms with E-state index in [9.17, 15) is 22.8 Å². The first kappa shape index (κ1) is 25.6. The molecule has 1 saturated heterocycles. The molecule has 0 aliphatic carbocycles. The zero-order chi connectivity index (χ0) is 21.5. The first-order valence-electron chi connectivity index (χ1n) is 10.8. The third kappa shape index (κ3) is 13.4. The molecule has 0 saturated carbocycles. The van der Waals surface area contributed by atoms with Crippen LogP contribution in [0.4, 0.5) is 0 Å². The number of hydrogen-bond acceptors (Lipinski definition) is 6. The number of unbranched alkanes of at least 4 members (excludes halogenated alkanes) is 12. The van der Waals surface area contributed by atoms with Crippen LogP contribution in [0.25, 0.3) is 0 Å². The summed E-state index contributed by atoms with van der Waals surface area (Å²) >= 11 is 0. The van der Waals surface area contributed by atoms with E-state index in [1.165, 1.54) is 25.7 Å². The van der Waals surface area contributed by atoms with Crippen LogP contribution in [-0.2, 0) is 29.3 Å². The molecule has 0 aromatic carbocycles. The highest BCUT2D eigenvalue weighted by Crippen LogP contribution is 2.15. The zero-order valence-electron chi connectivity index (χ0n) is 17.3. The van der Waals surface area contributed by atoms with Gasteiger partial charge < -0.3 is 4.84 Å². The van der Waals surface area contributed by atoms with Gasteiger partial charge in [-0.2, -0.15) is 8.42 Å².